The van der Waals surface area contributed by atoms with Crippen molar-refractivity contribution in [3.63, 3.8) is 0 Å². The Labute approximate surface area is 126 Å². The predicted molar refractivity (Wildman–Crippen MR) is 83.5 cm³/mol. The third-order valence-corrected chi connectivity index (χ3v) is 4.79. The second-order valence-corrected chi connectivity index (χ2v) is 7.43. The second kappa shape index (κ2) is 5.21. The van der Waals surface area contributed by atoms with Crippen molar-refractivity contribution in [2.24, 2.45) is 5.41 Å². The molecule has 5 nitrogen and oxygen atoms in total. The van der Waals surface area contributed by atoms with Gasteiger partial charge in [0, 0.05) is 31.2 Å². The summed E-state index contributed by atoms with van der Waals surface area (Å²) in [5.41, 5.74) is 2.16. The second-order valence-electron chi connectivity index (χ2n) is 7.43. The molecule has 0 amide bonds. The first-order chi connectivity index (χ1) is 9.89. The Morgan fingerprint density at radius 3 is 2.81 bits per heavy atom. The third kappa shape index (κ3) is 2.53. The summed E-state index contributed by atoms with van der Waals surface area (Å²) in [4.78, 5) is 11.4. The smallest absolute Gasteiger partial charge is 0.136 e. The minimum atomic E-state index is -0.437. The quantitative estimate of drug-likeness (QED) is 0.826. The molecule has 0 spiro atoms. The van der Waals surface area contributed by atoms with Crippen molar-refractivity contribution >= 4 is 5.82 Å². The van der Waals surface area contributed by atoms with Crippen molar-refractivity contribution < 1.29 is 5.11 Å². The Balaban J connectivity index is 2.04. The molecular formula is C16H26N4O. The lowest BCUT2D eigenvalue weighted by molar-refractivity contribution is 0.170. The highest BCUT2D eigenvalue weighted by Gasteiger charge is 2.38. The van der Waals surface area contributed by atoms with E-state index in [4.69, 9.17) is 0 Å². The molecule has 0 saturated carbocycles. The molecule has 3 atom stereocenters. The maximum Gasteiger partial charge on any atom is 0.136 e. The van der Waals surface area contributed by atoms with E-state index in [1.54, 1.807) is 6.33 Å². The van der Waals surface area contributed by atoms with Crippen molar-refractivity contribution in [2.75, 3.05) is 24.5 Å². The number of fused-ring (bicyclic) bond motifs is 1. The summed E-state index contributed by atoms with van der Waals surface area (Å²) in [7, 11) is 0. The molecule has 0 bridgehead atoms. The van der Waals surface area contributed by atoms with E-state index in [2.05, 4.69) is 47.9 Å². The van der Waals surface area contributed by atoms with Crippen LogP contribution in [-0.2, 0) is 0 Å². The summed E-state index contributed by atoms with van der Waals surface area (Å²) in [5, 5.41) is 13.7. The summed E-state index contributed by atoms with van der Waals surface area (Å²) in [6, 6.07) is 0.398. The Kier molecular flexibility index (Phi) is 3.66. The molecule has 1 fully saturated rings. The predicted octanol–water partition coefficient (Wildman–Crippen LogP) is 1.84. The average molecular weight is 290 g/mol. The number of hydrogen-bond acceptors (Lipinski definition) is 5. The summed E-state index contributed by atoms with van der Waals surface area (Å²) in [6.07, 6.45) is 1.93. The highest BCUT2D eigenvalue weighted by atomic mass is 16.3. The molecular weight excluding hydrogens is 264 g/mol. The van der Waals surface area contributed by atoms with Crippen molar-refractivity contribution in [3.8, 4) is 0 Å². The van der Waals surface area contributed by atoms with Gasteiger partial charge in [-0.15, -0.1) is 0 Å². The summed E-state index contributed by atoms with van der Waals surface area (Å²) in [6.45, 7) is 11.9. The van der Waals surface area contributed by atoms with E-state index in [0.29, 0.717) is 12.0 Å². The summed E-state index contributed by atoms with van der Waals surface area (Å²) in [5.74, 6) is 1.35. The van der Waals surface area contributed by atoms with Crippen LogP contribution in [0.2, 0.25) is 0 Å². The van der Waals surface area contributed by atoms with Gasteiger partial charge < -0.3 is 15.3 Å². The van der Waals surface area contributed by atoms with Gasteiger partial charge in [0.25, 0.3) is 0 Å². The molecule has 0 radical (unpaired) electrons. The van der Waals surface area contributed by atoms with Crippen LogP contribution in [-0.4, -0.2) is 40.8 Å². The van der Waals surface area contributed by atoms with E-state index >= 15 is 0 Å². The van der Waals surface area contributed by atoms with Gasteiger partial charge in [0.15, 0.2) is 0 Å². The molecule has 2 N–H and O–H groups in total. The fraction of sp³-hybridized carbons (Fsp3) is 0.750. The van der Waals surface area contributed by atoms with E-state index in [1.165, 1.54) is 0 Å². The molecule has 116 valence electrons. The highest BCUT2D eigenvalue weighted by Crippen LogP contribution is 2.44. The Bertz CT molecular complexity index is 525. The molecule has 1 aliphatic carbocycles. The lowest BCUT2D eigenvalue weighted by atomic mass is 9.84. The van der Waals surface area contributed by atoms with Crippen molar-refractivity contribution in [1.82, 2.24) is 15.3 Å². The van der Waals surface area contributed by atoms with E-state index in [0.717, 1.165) is 43.1 Å². The lowest BCUT2D eigenvalue weighted by Crippen LogP contribution is -2.57. The van der Waals surface area contributed by atoms with Crippen LogP contribution >= 0.6 is 0 Å². The molecule has 2 heterocycles. The minimum absolute atomic E-state index is 0.172. The molecule has 1 aromatic heterocycles. The highest BCUT2D eigenvalue weighted by molar-refractivity contribution is 5.54. The van der Waals surface area contributed by atoms with Gasteiger partial charge in [0.1, 0.15) is 12.1 Å². The van der Waals surface area contributed by atoms with Gasteiger partial charge >= 0.3 is 0 Å². The monoisotopic (exact) mass is 290 g/mol. The number of nitrogens with one attached hydrogen (secondary N) is 1. The molecule has 3 rings (SSSR count). The largest absolute Gasteiger partial charge is 0.387 e. The minimum Gasteiger partial charge on any atom is -0.387 e. The van der Waals surface area contributed by atoms with Crippen molar-refractivity contribution in [2.45, 2.75) is 52.2 Å². The number of aliphatic hydroxyl groups excluding tert-OH is 1. The number of nitrogens with zero attached hydrogens (tertiary/aromatic N) is 3. The molecule has 2 unspecified atom stereocenters. The van der Waals surface area contributed by atoms with E-state index in [1.807, 2.05) is 0 Å². The van der Waals surface area contributed by atoms with Crippen molar-refractivity contribution in [1.29, 1.82) is 0 Å². The average Bonchev–Trinajstić information content (AvgIpc) is 2.73. The zero-order valence-electron chi connectivity index (χ0n) is 13.4. The summed E-state index contributed by atoms with van der Waals surface area (Å²) >= 11 is 0. The van der Waals surface area contributed by atoms with Gasteiger partial charge in [-0.2, -0.15) is 0 Å². The fourth-order valence-electron chi connectivity index (χ4n) is 3.66. The first-order valence-corrected chi connectivity index (χ1v) is 7.90. The van der Waals surface area contributed by atoms with Crippen LogP contribution in [0.5, 0.6) is 0 Å². The SMILES string of the molecule is CC1CC(O)c2ncnc(N3CCNC[C@H]3C(C)(C)C)c21. The molecule has 21 heavy (non-hydrogen) atoms. The molecule has 2 aliphatic rings. The zero-order chi connectivity index (χ0) is 15.2. The standard InChI is InChI=1S/C16H26N4O/c1-10-7-11(21)14-13(10)15(19-9-18-14)20-6-5-17-8-12(20)16(2,3)4/h9-12,17,21H,5-8H2,1-4H3/t10?,11?,12-/m0/s1. The first kappa shape index (κ1) is 14.7. The number of rotatable bonds is 1. The van der Waals surface area contributed by atoms with Crippen LogP contribution in [0.15, 0.2) is 6.33 Å². The lowest BCUT2D eigenvalue weighted by Gasteiger charge is -2.45. The normalized spacial score (nSPS) is 29.6. The van der Waals surface area contributed by atoms with Gasteiger partial charge in [-0.25, -0.2) is 9.97 Å². The van der Waals surface area contributed by atoms with Gasteiger partial charge in [-0.1, -0.05) is 27.7 Å². The van der Waals surface area contributed by atoms with Crippen LogP contribution < -0.4 is 10.2 Å². The Morgan fingerprint density at radius 2 is 2.10 bits per heavy atom. The van der Waals surface area contributed by atoms with Crippen molar-refractivity contribution in [3.05, 3.63) is 17.6 Å². The van der Waals surface area contributed by atoms with Crippen LogP contribution in [0.25, 0.3) is 0 Å². The number of hydrogen-bond donors (Lipinski definition) is 2. The molecule has 1 saturated heterocycles. The first-order valence-electron chi connectivity index (χ1n) is 7.90. The van der Waals surface area contributed by atoms with Gasteiger partial charge in [-0.05, 0) is 17.8 Å². The number of piperazine rings is 1. The van der Waals surface area contributed by atoms with E-state index in [9.17, 15) is 5.11 Å². The van der Waals surface area contributed by atoms with Gasteiger partial charge in [-0.3, -0.25) is 0 Å². The van der Waals surface area contributed by atoms with Gasteiger partial charge in [0.2, 0.25) is 0 Å². The third-order valence-electron chi connectivity index (χ3n) is 4.79. The van der Waals surface area contributed by atoms with E-state index < -0.39 is 6.10 Å². The molecule has 1 aliphatic heterocycles. The fourth-order valence-corrected chi connectivity index (χ4v) is 3.66. The van der Waals surface area contributed by atoms with Crippen LogP contribution in [0, 0.1) is 5.41 Å². The maximum atomic E-state index is 10.2. The van der Waals surface area contributed by atoms with Crippen LogP contribution in [0.4, 0.5) is 5.82 Å². The van der Waals surface area contributed by atoms with E-state index in [-0.39, 0.29) is 5.41 Å². The molecule has 0 aromatic carbocycles. The molecule has 5 heteroatoms. The van der Waals surface area contributed by atoms with Gasteiger partial charge in [0.05, 0.1) is 11.8 Å². The Morgan fingerprint density at radius 1 is 1.33 bits per heavy atom. The van der Waals surface area contributed by atoms with Crippen LogP contribution in [0.1, 0.15) is 57.4 Å². The Hall–Kier alpha value is -1.20. The zero-order valence-corrected chi connectivity index (χ0v) is 13.4. The maximum absolute atomic E-state index is 10.2. The summed E-state index contributed by atoms with van der Waals surface area (Å²) < 4.78 is 0. The van der Waals surface area contributed by atoms with Crippen LogP contribution in [0.3, 0.4) is 0 Å². The number of anilines is 1. The number of aromatic nitrogens is 2. The molecule has 1 aromatic rings. The topological polar surface area (TPSA) is 61.3 Å². The number of aliphatic hydroxyl groups is 1.